The Labute approximate surface area is 141 Å². The van der Waals surface area contributed by atoms with Gasteiger partial charge in [-0.05, 0) is 55.0 Å². The highest BCUT2D eigenvalue weighted by atomic mass is 79.9. The van der Waals surface area contributed by atoms with Gasteiger partial charge in [0.2, 0.25) is 11.8 Å². The summed E-state index contributed by atoms with van der Waals surface area (Å²) in [5.74, 6) is -1.67. The lowest BCUT2D eigenvalue weighted by molar-refractivity contribution is -0.129. The molecule has 4 nitrogen and oxygen atoms in total. The SMILES string of the molecule is O=C(Nc1ccc(F)cc1)[C@H]1CCN(c2ccc(Br)cc2)C1=O. The number of anilines is 2. The monoisotopic (exact) mass is 376 g/mol. The van der Waals surface area contributed by atoms with E-state index in [2.05, 4.69) is 21.2 Å². The van der Waals surface area contributed by atoms with Gasteiger partial charge in [0.1, 0.15) is 11.7 Å². The van der Waals surface area contributed by atoms with E-state index in [0.29, 0.717) is 18.7 Å². The molecule has 1 fully saturated rings. The summed E-state index contributed by atoms with van der Waals surface area (Å²) in [6.45, 7) is 0.502. The number of amides is 2. The fourth-order valence-corrected chi connectivity index (χ4v) is 2.83. The minimum absolute atomic E-state index is 0.216. The van der Waals surface area contributed by atoms with Crippen LogP contribution in [0.15, 0.2) is 53.0 Å². The van der Waals surface area contributed by atoms with Gasteiger partial charge in [-0.3, -0.25) is 9.59 Å². The van der Waals surface area contributed by atoms with Gasteiger partial charge in [-0.25, -0.2) is 4.39 Å². The zero-order chi connectivity index (χ0) is 16.4. The summed E-state index contributed by atoms with van der Waals surface area (Å²) in [6, 6.07) is 12.9. The number of carbonyl (C=O) groups is 2. The third-order valence-electron chi connectivity index (χ3n) is 3.77. The van der Waals surface area contributed by atoms with Gasteiger partial charge in [0.25, 0.3) is 0 Å². The van der Waals surface area contributed by atoms with Crippen LogP contribution in [0, 0.1) is 11.7 Å². The summed E-state index contributed by atoms with van der Waals surface area (Å²) in [4.78, 5) is 26.4. The van der Waals surface area contributed by atoms with Gasteiger partial charge in [-0.2, -0.15) is 0 Å². The van der Waals surface area contributed by atoms with Crippen LogP contribution in [0.2, 0.25) is 0 Å². The Kier molecular flexibility index (Phi) is 4.43. The van der Waals surface area contributed by atoms with E-state index in [1.165, 1.54) is 24.3 Å². The van der Waals surface area contributed by atoms with Crippen LogP contribution >= 0.6 is 15.9 Å². The third-order valence-corrected chi connectivity index (χ3v) is 4.30. The molecule has 1 aliphatic heterocycles. The van der Waals surface area contributed by atoms with Crippen molar-refractivity contribution in [3.8, 4) is 0 Å². The number of carbonyl (C=O) groups excluding carboxylic acids is 2. The van der Waals surface area contributed by atoms with Crippen LogP contribution in [-0.2, 0) is 9.59 Å². The van der Waals surface area contributed by atoms with Crippen LogP contribution < -0.4 is 10.2 Å². The Morgan fingerprint density at radius 3 is 2.43 bits per heavy atom. The zero-order valence-electron chi connectivity index (χ0n) is 12.1. The fourth-order valence-electron chi connectivity index (χ4n) is 2.56. The average Bonchev–Trinajstić information content (AvgIpc) is 2.92. The Balaban J connectivity index is 1.69. The second-order valence-electron chi connectivity index (χ2n) is 5.30. The lowest BCUT2D eigenvalue weighted by Crippen LogP contribution is -2.33. The minimum atomic E-state index is -0.719. The van der Waals surface area contributed by atoms with Crippen molar-refractivity contribution >= 4 is 39.1 Å². The minimum Gasteiger partial charge on any atom is -0.325 e. The van der Waals surface area contributed by atoms with Crippen LogP contribution in [-0.4, -0.2) is 18.4 Å². The van der Waals surface area contributed by atoms with E-state index in [0.717, 1.165) is 10.2 Å². The first kappa shape index (κ1) is 15.7. The molecule has 0 saturated carbocycles. The van der Waals surface area contributed by atoms with Gasteiger partial charge in [0.15, 0.2) is 0 Å². The van der Waals surface area contributed by atoms with E-state index in [-0.39, 0.29) is 17.6 Å². The predicted octanol–water partition coefficient (Wildman–Crippen LogP) is 3.58. The van der Waals surface area contributed by atoms with Crippen molar-refractivity contribution in [2.45, 2.75) is 6.42 Å². The second-order valence-corrected chi connectivity index (χ2v) is 6.22. The van der Waals surface area contributed by atoms with Crippen molar-refractivity contribution in [3.05, 3.63) is 58.8 Å². The molecule has 3 rings (SSSR count). The first-order valence-electron chi connectivity index (χ1n) is 7.18. The van der Waals surface area contributed by atoms with E-state index in [1.807, 2.05) is 24.3 Å². The standard InChI is InChI=1S/C17H14BrFN2O2/c18-11-1-7-14(8-2-11)21-10-9-15(17(21)23)16(22)20-13-5-3-12(19)4-6-13/h1-8,15H,9-10H2,(H,20,22)/t15-/m1/s1. The first-order chi connectivity index (χ1) is 11.0. The zero-order valence-corrected chi connectivity index (χ0v) is 13.7. The Bertz CT molecular complexity index is 731. The summed E-state index contributed by atoms with van der Waals surface area (Å²) >= 11 is 3.35. The van der Waals surface area contributed by atoms with Gasteiger partial charge in [0.05, 0.1) is 0 Å². The molecule has 23 heavy (non-hydrogen) atoms. The van der Waals surface area contributed by atoms with Gasteiger partial charge in [-0.15, -0.1) is 0 Å². The number of halogens is 2. The number of hydrogen-bond donors (Lipinski definition) is 1. The molecule has 0 spiro atoms. The maximum atomic E-state index is 12.9. The summed E-state index contributed by atoms with van der Waals surface area (Å²) < 4.78 is 13.8. The van der Waals surface area contributed by atoms with E-state index in [4.69, 9.17) is 0 Å². The molecule has 6 heteroatoms. The highest BCUT2D eigenvalue weighted by molar-refractivity contribution is 9.10. The van der Waals surface area contributed by atoms with Crippen LogP contribution in [0.25, 0.3) is 0 Å². The highest BCUT2D eigenvalue weighted by Crippen LogP contribution is 2.27. The third kappa shape index (κ3) is 3.42. The molecule has 1 atom stereocenters. The number of hydrogen-bond acceptors (Lipinski definition) is 2. The van der Waals surface area contributed by atoms with E-state index in [9.17, 15) is 14.0 Å². The van der Waals surface area contributed by atoms with Crippen molar-refractivity contribution in [1.82, 2.24) is 0 Å². The average molecular weight is 377 g/mol. The van der Waals surface area contributed by atoms with Crippen LogP contribution in [0.1, 0.15) is 6.42 Å². The Hall–Kier alpha value is -2.21. The molecule has 0 unspecified atom stereocenters. The van der Waals surface area contributed by atoms with Gasteiger partial charge in [0, 0.05) is 22.4 Å². The van der Waals surface area contributed by atoms with Gasteiger partial charge in [-0.1, -0.05) is 15.9 Å². The maximum Gasteiger partial charge on any atom is 0.239 e. The van der Waals surface area contributed by atoms with E-state index >= 15 is 0 Å². The number of rotatable bonds is 3. The molecular weight excluding hydrogens is 363 g/mol. The number of nitrogens with one attached hydrogen (secondary N) is 1. The molecule has 118 valence electrons. The predicted molar refractivity (Wildman–Crippen MR) is 89.6 cm³/mol. The molecule has 2 aromatic rings. The second kappa shape index (κ2) is 6.50. The van der Waals surface area contributed by atoms with E-state index < -0.39 is 5.92 Å². The molecule has 1 heterocycles. The molecule has 0 bridgehead atoms. The molecule has 2 aromatic carbocycles. The fraction of sp³-hybridized carbons (Fsp3) is 0.176. The van der Waals surface area contributed by atoms with Crippen molar-refractivity contribution in [1.29, 1.82) is 0 Å². The van der Waals surface area contributed by atoms with Gasteiger partial charge < -0.3 is 10.2 Å². The van der Waals surface area contributed by atoms with Crippen molar-refractivity contribution in [3.63, 3.8) is 0 Å². The summed E-state index contributed by atoms with van der Waals surface area (Å²) in [5.41, 5.74) is 1.25. The summed E-state index contributed by atoms with van der Waals surface area (Å²) in [5, 5.41) is 2.66. The molecule has 1 saturated heterocycles. The Morgan fingerprint density at radius 1 is 1.13 bits per heavy atom. The van der Waals surface area contributed by atoms with Crippen LogP contribution in [0.5, 0.6) is 0 Å². The molecule has 0 aliphatic carbocycles. The van der Waals surface area contributed by atoms with Crippen molar-refractivity contribution in [2.24, 2.45) is 5.92 Å². The summed E-state index contributed by atoms with van der Waals surface area (Å²) in [6.07, 6.45) is 0.460. The molecule has 0 radical (unpaired) electrons. The normalized spacial score (nSPS) is 17.4. The van der Waals surface area contributed by atoms with Gasteiger partial charge >= 0.3 is 0 Å². The van der Waals surface area contributed by atoms with E-state index in [1.54, 1.807) is 4.90 Å². The topological polar surface area (TPSA) is 49.4 Å². The molecular formula is C17H14BrFN2O2. The number of benzene rings is 2. The molecule has 1 N–H and O–H groups in total. The van der Waals surface area contributed by atoms with Crippen LogP contribution in [0.4, 0.5) is 15.8 Å². The van der Waals surface area contributed by atoms with Crippen molar-refractivity contribution in [2.75, 3.05) is 16.8 Å². The lowest BCUT2D eigenvalue weighted by Gasteiger charge is -2.17. The first-order valence-corrected chi connectivity index (χ1v) is 7.97. The number of nitrogens with zero attached hydrogens (tertiary/aromatic N) is 1. The quantitative estimate of drug-likeness (QED) is 0.832. The van der Waals surface area contributed by atoms with Crippen molar-refractivity contribution < 1.29 is 14.0 Å². The highest BCUT2D eigenvalue weighted by Gasteiger charge is 2.37. The smallest absolute Gasteiger partial charge is 0.239 e. The molecule has 1 aliphatic rings. The Morgan fingerprint density at radius 2 is 1.78 bits per heavy atom. The largest absolute Gasteiger partial charge is 0.325 e. The maximum absolute atomic E-state index is 12.9. The summed E-state index contributed by atoms with van der Waals surface area (Å²) in [7, 11) is 0. The molecule has 0 aromatic heterocycles. The molecule has 2 amide bonds. The lowest BCUT2D eigenvalue weighted by atomic mass is 10.1. The van der Waals surface area contributed by atoms with Crippen LogP contribution in [0.3, 0.4) is 0 Å².